The van der Waals surface area contributed by atoms with Crippen molar-refractivity contribution in [3.63, 3.8) is 0 Å². The molecule has 0 spiro atoms. The third-order valence-corrected chi connectivity index (χ3v) is 6.98. The number of ether oxygens (including phenoxy) is 1. The van der Waals surface area contributed by atoms with Crippen LogP contribution in [0, 0.1) is 11.3 Å². The van der Waals surface area contributed by atoms with Crippen LogP contribution in [0.15, 0.2) is 42.5 Å². The number of halogens is 2. The van der Waals surface area contributed by atoms with Crippen molar-refractivity contribution in [1.82, 2.24) is 10.2 Å². The maximum Gasteiger partial charge on any atom is 0.263 e. The average molecular weight is 472 g/mol. The van der Waals surface area contributed by atoms with Crippen LogP contribution in [0.2, 0.25) is 10.0 Å². The van der Waals surface area contributed by atoms with Crippen LogP contribution in [0.5, 0.6) is 5.75 Å². The highest BCUT2D eigenvalue weighted by molar-refractivity contribution is 6.35. The Hall–Kier alpha value is -2.26. The van der Waals surface area contributed by atoms with Crippen LogP contribution in [0.4, 0.5) is 0 Å². The summed E-state index contributed by atoms with van der Waals surface area (Å²) in [5.74, 6) is 0.286. The molecule has 2 heterocycles. The molecule has 0 saturated carbocycles. The van der Waals surface area contributed by atoms with E-state index in [2.05, 4.69) is 22.4 Å². The zero-order valence-corrected chi connectivity index (χ0v) is 19.8. The van der Waals surface area contributed by atoms with Gasteiger partial charge in [0.1, 0.15) is 5.75 Å². The second-order valence-electron chi connectivity index (χ2n) is 9.20. The Morgan fingerprint density at radius 3 is 2.56 bits per heavy atom. The molecule has 5 nitrogen and oxygen atoms in total. The number of amides is 1. The first-order valence-electron chi connectivity index (χ1n) is 10.9. The number of rotatable bonds is 6. The topological polar surface area (TPSA) is 65.4 Å². The van der Waals surface area contributed by atoms with Gasteiger partial charge in [-0.3, -0.25) is 9.69 Å². The molecule has 2 aliphatic rings. The fraction of sp³-hybridized carbons (Fsp3) is 0.440. The minimum atomic E-state index is -1.06. The molecule has 0 unspecified atom stereocenters. The first-order valence-corrected chi connectivity index (χ1v) is 11.7. The first kappa shape index (κ1) is 22.9. The number of hydrogen-bond donors (Lipinski definition) is 1. The molecule has 0 radical (unpaired) electrons. The van der Waals surface area contributed by atoms with Crippen molar-refractivity contribution < 1.29 is 9.53 Å². The SMILES string of the molecule is CC(C)(Oc1ccc(Cl)cc1Cl)C(=O)N[C@H]1C[C@H]2CC[C@@H](C1)N2Cc1cccc(C#N)c1. The van der Waals surface area contributed by atoms with Crippen LogP contribution in [-0.4, -0.2) is 34.5 Å². The fourth-order valence-corrected chi connectivity index (χ4v) is 5.29. The molecule has 32 heavy (non-hydrogen) atoms. The molecule has 3 atom stereocenters. The standard InChI is InChI=1S/C25H27Cl2N3O2/c1-25(2,32-23-9-6-18(26)11-22(23)27)24(31)29-19-12-20-7-8-21(13-19)30(20)15-17-5-3-4-16(10-17)14-28/h3-6,9-11,19-21H,7-8,12-13,15H2,1-2H3,(H,29,31)/t19-,20+,21-. The van der Waals surface area contributed by atoms with Crippen molar-refractivity contribution in [3.05, 3.63) is 63.6 Å². The highest BCUT2D eigenvalue weighted by Crippen LogP contribution is 2.37. The number of carbonyl (C=O) groups excluding carboxylic acids is 1. The second-order valence-corrected chi connectivity index (χ2v) is 10.0. The summed E-state index contributed by atoms with van der Waals surface area (Å²) >= 11 is 12.2. The fourth-order valence-electron chi connectivity index (χ4n) is 4.84. The summed E-state index contributed by atoms with van der Waals surface area (Å²) in [6.07, 6.45) is 4.10. The van der Waals surface area contributed by atoms with E-state index in [1.807, 2.05) is 18.2 Å². The first-order chi connectivity index (χ1) is 15.2. The van der Waals surface area contributed by atoms with Gasteiger partial charge in [0.05, 0.1) is 16.7 Å². The van der Waals surface area contributed by atoms with E-state index < -0.39 is 5.60 Å². The summed E-state index contributed by atoms with van der Waals surface area (Å²) in [6.45, 7) is 4.34. The van der Waals surface area contributed by atoms with E-state index in [1.54, 1.807) is 32.0 Å². The smallest absolute Gasteiger partial charge is 0.263 e. The second kappa shape index (κ2) is 9.31. The minimum absolute atomic E-state index is 0.116. The predicted octanol–water partition coefficient (Wildman–Crippen LogP) is 5.33. The van der Waals surface area contributed by atoms with Crippen LogP contribution in [-0.2, 0) is 11.3 Å². The van der Waals surface area contributed by atoms with Gasteiger partial charge in [-0.15, -0.1) is 0 Å². The molecule has 2 saturated heterocycles. The molecule has 7 heteroatoms. The van der Waals surface area contributed by atoms with Gasteiger partial charge in [-0.2, -0.15) is 5.26 Å². The van der Waals surface area contributed by atoms with E-state index in [0.717, 1.165) is 37.8 Å². The highest BCUT2D eigenvalue weighted by Gasteiger charge is 2.42. The van der Waals surface area contributed by atoms with Gasteiger partial charge in [-0.25, -0.2) is 0 Å². The van der Waals surface area contributed by atoms with Gasteiger partial charge in [-0.05, 0) is 75.4 Å². The number of carbonyl (C=O) groups is 1. The van der Waals surface area contributed by atoms with Crippen molar-refractivity contribution in [2.24, 2.45) is 0 Å². The number of nitriles is 1. The Morgan fingerprint density at radius 2 is 1.91 bits per heavy atom. The zero-order chi connectivity index (χ0) is 22.9. The largest absolute Gasteiger partial charge is 0.476 e. The molecule has 168 valence electrons. The zero-order valence-electron chi connectivity index (χ0n) is 18.3. The average Bonchev–Trinajstić information content (AvgIpc) is 2.98. The lowest BCUT2D eigenvalue weighted by Gasteiger charge is -2.40. The molecular weight excluding hydrogens is 445 g/mol. The maximum absolute atomic E-state index is 13.0. The van der Waals surface area contributed by atoms with Gasteiger partial charge < -0.3 is 10.1 Å². The van der Waals surface area contributed by atoms with Crippen LogP contribution in [0.3, 0.4) is 0 Å². The molecule has 1 N–H and O–H groups in total. The van der Waals surface area contributed by atoms with Crippen LogP contribution in [0.1, 0.15) is 50.7 Å². The van der Waals surface area contributed by atoms with Gasteiger partial charge in [-0.1, -0.05) is 35.3 Å². The van der Waals surface area contributed by atoms with E-state index in [0.29, 0.717) is 33.4 Å². The van der Waals surface area contributed by atoms with Crippen molar-refractivity contribution >= 4 is 29.1 Å². The van der Waals surface area contributed by atoms with E-state index in [-0.39, 0.29) is 11.9 Å². The Morgan fingerprint density at radius 1 is 1.19 bits per heavy atom. The van der Waals surface area contributed by atoms with Crippen molar-refractivity contribution in [2.75, 3.05) is 0 Å². The molecule has 2 aliphatic heterocycles. The molecule has 1 amide bonds. The molecule has 2 bridgehead atoms. The van der Waals surface area contributed by atoms with Gasteiger partial charge >= 0.3 is 0 Å². The lowest BCUT2D eigenvalue weighted by molar-refractivity contribution is -0.135. The lowest BCUT2D eigenvalue weighted by atomic mass is 9.95. The number of nitrogens with zero attached hydrogens (tertiary/aromatic N) is 2. The van der Waals surface area contributed by atoms with Gasteiger partial charge in [0.25, 0.3) is 5.91 Å². The van der Waals surface area contributed by atoms with Crippen LogP contribution >= 0.6 is 23.2 Å². The van der Waals surface area contributed by atoms with Crippen molar-refractivity contribution in [3.8, 4) is 11.8 Å². The number of piperidine rings is 1. The Balaban J connectivity index is 1.37. The normalized spacial score (nSPS) is 22.9. The third kappa shape index (κ3) is 5.04. The molecule has 0 aliphatic carbocycles. The molecule has 0 aromatic heterocycles. The number of benzene rings is 2. The maximum atomic E-state index is 13.0. The monoisotopic (exact) mass is 471 g/mol. The summed E-state index contributed by atoms with van der Waals surface area (Å²) in [6, 6.07) is 16.0. The van der Waals surface area contributed by atoms with Gasteiger partial charge in [0, 0.05) is 29.7 Å². The van der Waals surface area contributed by atoms with E-state index in [1.165, 1.54) is 0 Å². The molecule has 4 rings (SSSR count). The minimum Gasteiger partial charge on any atom is -0.476 e. The lowest BCUT2D eigenvalue weighted by Crippen LogP contribution is -2.55. The molecule has 2 aromatic rings. The summed E-state index contributed by atoms with van der Waals surface area (Å²) in [5.41, 5.74) is 0.795. The summed E-state index contributed by atoms with van der Waals surface area (Å²) in [4.78, 5) is 15.6. The van der Waals surface area contributed by atoms with Crippen molar-refractivity contribution in [1.29, 1.82) is 5.26 Å². The van der Waals surface area contributed by atoms with Gasteiger partial charge in [0.2, 0.25) is 0 Å². The quantitative estimate of drug-likeness (QED) is 0.617. The molecular formula is C25H27Cl2N3O2. The third-order valence-electron chi connectivity index (χ3n) is 6.45. The Kier molecular flexibility index (Phi) is 6.67. The summed E-state index contributed by atoms with van der Waals surface area (Å²) in [5, 5.41) is 13.3. The summed E-state index contributed by atoms with van der Waals surface area (Å²) in [7, 11) is 0. The summed E-state index contributed by atoms with van der Waals surface area (Å²) < 4.78 is 5.94. The molecule has 2 aromatic carbocycles. The van der Waals surface area contributed by atoms with Crippen molar-refractivity contribution in [2.45, 2.75) is 69.8 Å². The van der Waals surface area contributed by atoms with E-state index >= 15 is 0 Å². The number of nitrogens with one attached hydrogen (secondary N) is 1. The molecule has 2 fully saturated rings. The Bertz CT molecular complexity index is 1040. The van der Waals surface area contributed by atoms with Crippen LogP contribution in [0.25, 0.3) is 0 Å². The van der Waals surface area contributed by atoms with E-state index in [9.17, 15) is 4.79 Å². The van der Waals surface area contributed by atoms with Crippen LogP contribution < -0.4 is 10.1 Å². The highest BCUT2D eigenvalue weighted by atomic mass is 35.5. The van der Waals surface area contributed by atoms with E-state index in [4.69, 9.17) is 33.2 Å². The number of hydrogen-bond acceptors (Lipinski definition) is 4. The predicted molar refractivity (Wildman–Crippen MR) is 126 cm³/mol. The number of fused-ring (bicyclic) bond motifs is 2. The van der Waals surface area contributed by atoms with Gasteiger partial charge in [0.15, 0.2) is 5.60 Å². The Labute approximate surface area is 199 Å².